The fraction of sp³-hybridized carbons (Fsp3) is 0.462. The third kappa shape index (κ3) is 4.81. The summed E-state index contributed by atoms with van der Waals surface area (Å²) in [5, 5.41) is 20.7. The fourth-order valence-electron chi connectivity index (χ4n) is 1.37. The van der Waals surface area contributed by atoms with Crippen molar-refractivity contribution in [3.05, 3.63) is 28.2 Å². The van der Waals surface area contributed by atoms with Gasteiger partial charge in [-0.15, -0.1) is 0 Å². The van der Waals surface area contributed by atoms with Crippen LogP contribution < -0.4 is 10.1 Å². The Kier molecular flexibility index (Phi) is 5.78. The first kappa shape index (κ1) is 15.9. The van der Waals surface area contributed by atoms with Crippen molar-refractivity contribution in [2.45, 2.75) is 19.4 Å². The lowest BCUT2D eigenvalue weighted by atomic mass is 10.1. The minimum Gasteiger partial charge on any atom is -0.483 e. The van der Waals surface area contributed by atoms with E-state index in [1.54, 1.807) is 13.0 Å². The summed E-state index contributed by atoms with van der Waals surface area (Å²) in [4.78, 5) is 11.7. The number of aliphatic hydroxyl groups is 2. The van der Waals surface area contributed by atoms with Gasteiger partial charge < -0.3 is 20.3 Å². The highest BCUT2D eigenvalue weighted by molar-refractivity contribution is 9.10. The molecule has 0 aliphatic carbocycles. The summed E-state index contributed by atoms with van der Waals surface area (Å²) in [7, 11) is 0. The van der Waals surface area contributed by atoms with E-state index in [-0.39, 0.29) is 19.8 Å². The summed E-state index contributed by atoms with van der Waals surface area (Å²) < 4.78 is 6.14. The average molecular weight is 332 g/mol. The van der Waals surface area contributed by atoms with Crippen molar-refractivity contribution < 1.29 is 19.7 Å². The number of amides is 1. The molecule has 1 rings (SSSR count). The van der Waals surface area contributed by atoms with E-state index < -0.39 is 11.4 Å². The number of rotatable bonds is 6. The lowest BCUT2D eigenvalue weighted by Crippen LogP contribution is -2.53. The Bertz CT molecular complexity index is 446. The lowest BCUT2D eigenvalue weighted by Gasteiger charge is -2.26. The zero-order chi connectivity index (χ0) is 14.5. The lowest BCUT2D eigenvalue weighted by molar-refractivity contribution is -0.126. The van der Waals surface area contributed by atoms with Gasteiger partial charge in [0, 0.05) is 0 Å². The van der Waals surface area contributed by atoms with Crippen LogP contribution in [-0.2, 0) is 4.79 Å². The van der Waals surface area contributed by atoms with E-state index in [2.05, 4.69) is 21.2 Å². The van der Waals surface area contributed by atoms with E-state index in [0.717, 1.165) is 10.0 Å². The number of aryl methyl sites for hydroxylation is 1. The first-order valence-electron chi connectivity index (χ1n) is 5.82. The Morgan fingerprint density at radius 3 is 2.58 bits per heavy atom. The Balaban J connectivity index is 2.55. The molecule has 1 aromatic rings. The van der Waals surface area contributed by atoms with Gasteiger partial charge in [0.05, 0.1) is 23.2 Å². The molecule has 0 radical (unpaired) electrons. The third-order valence-corrected chi connectivity index (χ3v) is 3.21. The van der Waals surface area contributed by atoms with E-state index >= 15 is 0 Å². The highest BCUT2D eigenvalue weighted by Crippen LogP contribution is 2.25. The molecule has 1 amide bonds. The number of carbonyl (C=O) groups is 1. The standard InChI is InChI=1S/C13H18BrNO4/c1-9-3-4-11(10(14)5-9)19-6-12(18)15-13(2,7-16)8-17/h3-5,16-17H,6-8H2,1-2H3,(H,15,18). The van der Waals surface area contributed by atoms with Crippen LogP contribution in [0.3, 0.4) is 0 Å². The van der Waals surface area contributed by atoms with Crippen molar-refractivity contribution >= 4 is 21.8 Å². The van der Waals surface area contributed by atoms with E-state index in [1.165, 1.54) is 0 Å². The predicted octanol–water partition coefficient (Wildman–Crippen LogP) is 0.996. The van der Waals surface area contributed by atoms with Gasteiger partial charge in [0.25, 0.3) is 5.91 Å². The molecule has 3 N–H and O–H groups in total. The zero-order valence-corrected chi connectivity index (χ0v) is 12.5. The van der Waals surface area contributed by atoms with Crippen molar-refractivity contribution in [3.8, 4) is 5.75 Å². The largest absolute Gasteiger partial charge is 0.483 e. The van der Waals surface area contributed by atoms with Gasteiger partial charge in [-0.25, -0.2) is 0 Å². The van der Waals surface area contributed by atoms with Crippen molar-refractivity contribution in [1.82, 2.24) is 5.32 Å². The topological polar surface area (TPSA) is 78.8 Å². The number of hydrogen-bond donors (Lipinski definition) is 3. The molecule has 106 valence electrons. The molecule has 0 atom stereocenters. The third-order valence-electron chi connectivity index (χ3n) is 2.59. The Hall–Kier alpha value is -1.11. The molecule has 0 unspecified atom stereocenters. The number of ether oxygens (including phenoxy) is 1. The van der Waals surface area contributed by atoms with Crippen LogP contribution in [0.2, 0.25) is 0 Å². The number of carbonyl (C=O) groups excluding carboxylic acids is 1. The van der Waals surface area contributed by atoms with Gasteiger partial charge in [-0.1, -0.05) is 6.07 Å². The summed E-state index contributed by atoms with van der Waals surface area (Å²) in [6.45, 7) is 2.63. The highest BCUT2D eigenvalue weighted by Gasteiger charge is 2.24. The predicted molar refractivity (Wildman–Crippen MR) is 75.1 cm³/mol. The van der Waals surface area contributed by atoms with Gasteiger partial charge in [0.2, 0.25) is 0 Å². The van der Waals surface area contributed by atoms with Gasteiger partial charge in [0.1, 0.15) is 5.75 Å². The van der Waals surface area contributed by atoms with Crippen LogP contribution in [0.4, 0.5) is 0 Å². The monoisotopic (exact) mass is 331 g/mol. The van der Waals surface area contributed by atoms with Crippen LogP contribution >= 0.6 is 15.9 Å². The van der Waals surface area contributed by atoms with Gasteiger partial charge >= 0.3 is 0 Å². The molecular weight excluding hydrogens is 314 g/mol. The number of benzene rings is 1. The Morgan fingerprint density at radius 1 is 1.42 bits per heavy atom. The second kappa shape index (κ2) is 6.88. The molecule has 6 heteroatoms. The number of halogens is 1. The molecule has 19 heavy (non-hydrogen) atoms. The van der Waals surface area contributed by atoms with Crippen LogP contribution in [0.5, 0.6) is 5.75 Å². The fourth-order valence-corrected chi connectivity index (χ4v) is 1.98. The molecule has 0 aromatic heterocycles. The van der Waals surface area contributed by atoms with E-state index in [4.69, 9.17) is 14.9 Å². The smallest absolute Gasteiger partial charge is 0.258 e. The van der Waals surface area contributed by atoms with Crippen LogP contribution in [0.25, 0.3) is 0 Å². The molecule has 0 aliphatic rings. The summed E-state index contributed by atoms with van der Waals surface area (Å²) >= 11 is 3.35. The molecule has 0 saturated carbocycles. The van der Waals surface area contributed by atoms with Crippen LogP contribution in [0, 0.1) is 6.92 Å². The van der Waals surface area contributed by atoms with Gasteiger partial charge in [-0.3, -0.25) is 4.79 Å². The Labute approximate surface area is 120 Å². The number of nitrogens with one attached hydrogen (secondary N) is 1. The number of aliphatic hydroxyl groups excluding tert-OH is 2. The maximum absolute atomic E-state index is 11.7. The van der Waals surface area contributed by atoms with E-state index in [0.29, 0.717) is 5.75 Å². The molecule has 0 bridgehead atoms. The summed E-state index contributed by atoms with van der Waals surface area (Å²) in [6.07, 6.45) is 0. The maximum Gasteiger partial charge on any atom is 0.258 e. The minimum absolute atomic E-state index is 0.183. The van der Waals surface area contributed by atoms with Crippen LogP contribution in [-0.4, -0.2) is 41.5 Å². The molecule has 0 spiro atoms. The molecular formula is C13H18BrNO4. The van der Waals surface area contributed by atoms with Crippen LogP contribution in [0.1, 0.15) is 12.5 Å². The first-order chi connectivity index (χ1) is 8.90. The average Bonchev–Trinajstić information content (AvgIpc) is 2.37. The van der Waals surface area contributed by atoms with Gasteiger partial charge in [-0.2, -0.15) is 0 Å². The maximum atomic E-state index is 11.7. The van der Waals surface area contributed by atoms with E-state index in [1.807, 2.05) is 19.1 Å². The van der Waals surface area contributed by atoms with Gasteiger partial charge in [0.15, 0.2) is 6.61 Å². The summed E-state index contributed by atoms with van der Waals surface area (Å²) in [6, 6.07) is 5.53. The minimum atomic E-state index is -1.04. The number of hydrogen-bond acceptors (Lipinski definition) is 4. The van der Waals surface area contributed by atoms with Crippen LogP contribution in [0.15, 0.2) is 22.7 Å². The molecule has 5 nitrogen and oxygen atoms in total. The van der Waals surface area contributed by atoms with Crippen molar-refractivity contribution in [3.63, 3.8) is 0 Å². The van der Waals surface area contributed by atoms with E-state index in [9.17, 15) is 4.79 Å². The molecule has 0 aliphatic heterocycles. The highest BCUT2D eigenvalue weighted by atomic mass is 79.9. The van der Waals surface area contributed by atoms with Gasteiger partial charge in [-0.05, 0) is 47.5 Å². The molecule has 0 saturated heterocycles. The molecule has 0 heterocycles. The molecule has 1 aromatic carbocycles. The second-order valence-corrected chi connectivity index (χ2v) is 5.50. The summed E-state index contributed by atoms with van der Waals surface area (Å²) in [5.41, 5.74) is 0.0436. The summed E-state index contributed by atoms with van der Waals surface area (Å²) in [5.74, 6) is 0.161. The van der Waals surface area contributed by atoms with Crippen molar-refractivity contribution in [2.24, 2.45) is 0 Å². The second-order valence-electron chi connectivity index (χ2n) is 4.65. The van der Waals surface area contributed by atoms with Crippen molar-refractivity contribution in [1.29, 1.82) is 0 Å². The quantitative estimate of drug-likeness (QED) is 0.726. The first-order valence-corrected chi connectivity index (χ1v) is 6.61. The SMILES string of the molecule is Cc1ccc(OCC(=O)NC(C)(CO)CO)c(Br)c1. The van der Waals surface area contributed by atoms with Crippen molar-refractivity contribution in [2.75, 3.05) is 19.8 Å². The normalized spacial score (nSPS) is 11.2. The molecule has 0 fully saturated rings. The Morgan fingerprint density at radius 2 is 2.05 bits per heavy atom. The zero-order valence-electron chi connectivity index (χ0n) is 10.9.